The lowest BCUT2D eigenvalue weighted by Crippen LogP contribution is -2.47. The zero-order valence-electron chi connectivity index (χ0n) is 18.7. The van der Waals surface area contributed by atoms with Crippen molar-refractivity contribution in [2.45, 2.75) is 65.4 Å². The van der Waals surface area contributed by atoms with Crippen LogP contribution >= 0.6 is 0 Å². The van der Waals surface area contributed by atoms with E-state index in [1.54, 1.807) is 0 Å². The van der Waals surface area contributed by atoms with E-state index in [-0.39, 0.29) is 0 Å². The Balaban J connectivity index is 1.59. The molecule has 164 valence electrons. The normalized spacial score (nSPS) is 21.6. The molecule has 6 heteroatoms. The van der Waals surface area contributed by atoms with Crippen molar-refractivity contribution < 1.29 is 4.74 Å². The summed E-state index contributed by atoms with van der Waals surface area (Å²) in [7, 11) is 0. The van der Waals surface area contributed by atoms with Crippen LogP contribution in [0.5, 0.6) is 0 Å². The molecule has 0 aromatic heterocycles. The van der Waals surface area contributed by atoms with Gasteiger partial charge in [0.25, 0.3) is 0 Å². The molecule has 0 spiro atoms. The van der Waals surface area contributed by atoms with Crippen LogP contribution in [0.4, 0.5) is 0 Å². The molecule has 1 aliphatic heterocycles. The molecule has 0 radical (unpaired) electrons. The van der Waals surface area contributed by atoms with E-state index in [2.05, 4.69) is 41.2 Å². The van der Waals surface area contributed by atoms with Gasteiger partial charge in [-0.2, -0.15) is 0 Å². The predicted octanol–water partition coefficient (Wildman–Crippen LogP) is 2.55. The van der Waals surface area contributed by atoms with Gasteiger partial charge in [-0.05, 0) is 38.6 Å². The lowest BCUT2D eigenvalue weighted by molar-refractivity contribution is 0.0277. The van der Waals surface area contributed by atoms with Crippen LogP contribution in [0.2, 0.25) is 0 Å². The number of aliphatic imine (C=N–C) groups is 1. The summed E-state index contributed by atoms with van der Waals surface area (Å²) in [6.45, 7) is 17.4. The maximum Gasteiger partial charge on any atom is 0.191 e. The number of rotatable bonds is 11. The SMILES string of the molecule is CCNC(=NCC(C)CN1CCN(CC)CC1)NCCCOC1CCCCC1. The second kappa shape index (κ2) is 14.2. The van der Waals surface area contributed by atoms with Crippen molar-refractivity contribution >= 4 is 5.96 Å². The minimum atomic E-state index is 0.510. The quantitative estimate of drug-likeness (QED) is 0.320. The van der Waals surface area contributed by atoms with Gasteiger partial charge >= 0.3 is 0 Å². The Hall–Kier alpha value is -0.850. The van der Waals surface area contributed by atoms with E-state index >= 15 is 0 Å². The maximum atomic E-state index is 6.01. The summed E-state index contributed by atoms with van der Waals surface area (Å²) < 4.78 is 6.01. The average molecular weight is 396 g/mol. The number of ether oxygens (including phenoxy) is 1. The molecule has 2 N–H and O–H groups in total. The molecule has 0 aromatic carbocycles. The highest BCUT2D eigenvalue weighted by atomic mass is 16.5. The molecule has 0 amide bonds. The van der Waals surface area contributed by atoms with E-state index in [1.807, 2.05) is 0 Å². The van der Waals surface area contributed by atoms with E-state index in [0.717, 1.165) is 45.2 Å². The molecular weight excluding hydrogens is 350 g/mol. The van der Waals surface area contributed by atoms with Crippen molar-refractivity contribution in [3.8, 4) is 0 Å². The first-order chi connectivity index (χ1) is 13.7. The summed E-state index contributed by atoms with van der Waals surface area (Å²) in [5.74, 6) is 1.53. The summed E-state index contributed by atoms with van der Waals surface area (Å²) in [6, 6.07) is 0. The number of hydrogen-bond donors (Lipinski definition) is 2. The number of nitrogens with one attached hydrogen (secondary N) is 2. The van der Waals surface area contributed by atoms with E-state index < -0.39 is 0 Å². The van der Waals surface area contributed by atoms with Crippen LogP contribution in [0.25, 0.3) is 0 Å². The smallest absolute Gasteiger partial charge is 0.191 e. The Morgan fingerprint density at radius 3 is 2.43 bits per heavy atom. The van der Waals surface area contributed by atoms with Gasteiger partial charge in [0.2, 0.25) is 0 Å². The van der Waals surface area contributed by atoms with Crippen molar-refractivity contribution in [2.24, 2.45) is 10.9 Å². The number of piperazine rings is 1. The fourth-order valence-corrected chi connectivity index (χ4v) is 4.14. The van der Waals surface area contributed by atoms with Crippen molar-refractivity contribution in [1.82, 2.24) is 20.4 Å². The standard InChI is InChI=1S/C22H45N5O/c1-4-23-22(24-12-9-17-28-21-10-7-6-8-11-21)25-18-20(3)19-27-15-13-26(5-2)14-16-27/h20-21H,4-19H2,1-3H3,(H2,23,24,25). The van der Waals surface area contributed by atoms with Gasteiger partial charge in [-0.25, -0.2) is 0 Å². The van der Waals surface area contributed by atoms with Gasteiger partial charge in [-0.1, -0.05) is 33.1 Å². The van der Waals surface area contributed by atoms with Crippen molar-refractivity contribution in [2.75, 3.05) is 65.5 Å². The number of likely N-dealkylation sites (N-methyl/N-ethyl adjacent to an activating group) is 1. The highest BCUT2D eigenvalue weighted by molar-refractivity contribution is 5.79. The number of guanidine groups is 1. The van der Waals surface area contributed by atoms with E-state index in [1.165, 1.54) is 64.8 Å². The van der Waals surface area contributed by atoms with Crippen LogP contribution < -0.4 is 10.6 Å². The highest BCUT2D eigenvalue weighted by Gasteiger charge is 2.17. The topological polar surface area (TPSA) is 52.1 Å². The predicted molar refractivity (Wildman–Crippen MR) is 119 cm³/mol. The summed E-state index contributed by atoms with van der Waals surface area (Å²) in [5, 5.41) is 6.84. The minimum Gasteiger partial charge on any atom is -0.378 e. The van der Waals surface area contributed by atoms with Gasteiger partial charge in [0.1, 0.15) is 0 Å². The van der Waals surface area contributed by atoms with Gasteiger partial charge in [0.15, 0.2) is 5.96 Å². The molecule has 1 heterocycles. The second-order valence-corrected chi connectivity index (χ2v) is 8.47. The number of hydrogen-bond acceptors (Lipinski definition) is 4. The Morgan fingerprint density at radius 1 is 1.04 bits per heavy atom. The highest BCUT2D eigenvalue weighted by Crippen LogP contribution is 2.20. The molecule has 1 unspecified atom stereocenters. The summed E-state index contributed by atoms with van der Waals surface area (Å²) in [4.78, 5) is 9.94. The summed E-state index contributed by atoms with van der Waals surface area (Å²) >= 11 is 0. The molecule has 1 saturated carbocycles. The molecule has 2 aliphatic rings. The Bertz CT molecular complexity index is 417. The third kappa shape index (κ3) is 9.57. The van der Waals surface area contributed by atoms with Crippen LogP contribution in [0.15, 0.2) is 4.99 Å². The average Bonchev–Trinajstić information content (AvgIpc) is 2.73. The lowest BCUT2D eigenvalue weighted by atomic mass is 9.98. The second-order valence-electron chi connectivity index (χ2n) is 8.47. The Kier molecular flexibility index (Phi) is 11.9. The van der Waals surface area contributed by atoms with Crippen LogP contribution in [0.3, 0.4) is 0 Å². The first-order valence-corrected chi connectivity index (χ1v) is 11.8. The Labute approximate surface area is 173 Å². The van der Waals surface area contributed by atoms with Gasteiger partial charge in [0, 0.05) is 59.0 Å². The molecule has 2 rings (SSSR count). The van der Waals surface area contributed by atoms with Crippen LogP contribution in [-0.4, -0.2) is 87.4 Å². The zero-order chi connectivity index (χ0) is 20.0. The maximum absolute atomic E-state index is 6.01. The zero-order valence-corrected chi connectivity index (χ0v) is 18.7. The van der Waals surface area contributed by atoms with Crippen LogP contribution in [0, 0.1) is 5.92 Å². The molecule has 2 fully saturated rings. The fraction of sp³-hybridized carbons (Fsp3) is 0.955. The molecule has 1 atom stereocenters. The molecule has 0 aromatic rings. The Morgan fingerprint density at radius 2 is 1.75 bits per heavy atom. The lowest BCUT2D eigenvalue weighted by Gasteiger charge is -2.35. The first-order valence-electron chi connectivity index (χ1n) is 11.8. The van der Waals surface area contributed by atoms with Gasteiger partial charge in [-0.15, -0.1) is 0 Å². The largest absolute Gasteiger partial charge is 0.378 e. The summed E-state index contributed by atoms with van der Waals surface area (Å²) in [5.41, 5.74) is 0. The van der Waals surface area contributed by atoms with Crippen molar-refractivity contribution in [1.29, 1.82) is 0 Å². The van der Waals surface area contributed by atoms with Crippen molar-refractivity contribution in [3.05, 3.63) is 0 Å². The molecular formula is C22H45N5O. The number of nitrogens with zero attached hydrogens (tertiary/aromatic N) is 3. The minimum absolute atomic E-state index is 0.510. The van der Waals surface area contributed by atoms with Gasteiger partial charge < -0.3 is 25.2 Å². The third-order valence-electron chi connectivity index (χ3n) is 5.91. The first kappa shape index (κ1) is 23.4. The molecule has 0 bridgehead atoms. The molecule has 1 aliphatic carbocycles. The van der Waals surface area contributed by atoms with Gasteiger partial charge in [0.05, 0.1) is 6.10 Å². The van der Waals surface area contributed by atoms with E-state index in [9.17, 15) is 0 Å². The van der Waals surface area contributed by atoms with E-state index in [4.69, 9.17) is 9.73 Å². The van der Waals surface area contributed by atoms with Crippen LogP contribution in [0.1, 0.15) is 59.3 Å². The fourth-order valence-electron chi connectivity index (χ4n) is 4.14. The van der Waals surface area contributed by atoms with Crippen molar-refractivity contribution in [3.63, 3.8) is 0 Å². The molecule has 1 saturated heterocycles. The monoisotopic (exact) mass is 395 g/mol. The van der Waals surface area contributed by atoms with Crippen LogP contribution in [-0.2, 0) is 4.74 Å². The van der Waals surface area contributed by atoms with E-state index in [0.29, 0.717) is 12.0 Å². The molecule has 28 heavy (non-hydrogen) atoms. The summed E-state index contributed by atoms with van der Waals surface area (Å²) in [6.07, 6.45) is 8.12. The molecule has 6 nitrogen and oxygen atoms in total. The third-order valence-corrected chi connectivity index (χ3v) is 5.91. The van der Waals surface area contributed by atoms with Gasteiger partial charge in [-0.3, -0.25) is 4.99 Å².